The third-order valence-electron chi connectivity index (χ3n) is 3.92. The van der Waals surface area contributed by atoms with Crippen molar-refractivity contribution in [3.8, 4) is 27.8 Å². The van der Waals surface area contributed by atoms with Crippen molar-refractivity contribution in [2.75, 3.05) is 21.3 Å². The average Bonchev–Trinajstić information content (AvgIpc) is 3.20. The van der Waals surface area contributed by atoms with Gasteiger partial charge in [-0.1, -0.05) is 0 Å². The molecule has 0 N–H and O–H groups in total. The number of aromatic nitrogens is 1. The number of carbonyl (C=O) groups excluding carboxylic acids is 1. The number of nitrogens with zero attached hydrogens (tertiary/aromatic N) is 1. The van der Waals surface area contributed by atoms with Crippen LogP contribution in [0.1, 0.15) is 16.1 Å². The summed E-state index contributed by atoms with van der Waals surface area (Å²) in [6.45, 7) is -0.0176. The minimum atomic E-state index is -0.637. The van der Waals surface area contributed by atoms with E-state index in [-0.39, 0.29) is 17.9 Å². The Morgan fingerprint density at radius 3 is 2.39 bits per heavy atom. The molecular formula is C20H18FNO5S. The summed E-state index contributed by atoms with van der Waals surface area (Å²) < 4.78 is 34.3. The van der Waals surface area contributed by atoms with Crippen LogP contribution in [0.15, 0.2) is 41.8 Å². The van der Waals surface area contributed by atoms with Gasteiger partial charge in [0.05, 0.1) is 32.6 Å². The van der Waals surface area contributed by atoms with E-state index < -0.39 is 11.8 Å². The number of ether oxygens (including phenoxy) is 4. The molecule has 1 heterocycles. The molecule has 28 heavy (non-hydrogen) atoms. The van der Waals surface area contributed by atoms with Crippen molar-refractivity contribution in [3.63, 3.8) is 0 Å². The van der Waals surface area contributed by atoms with E-state index in [4.69, 9.17) is 18.9 Å². The number of halogens is 1. The van der Waals surface area contributed by atoms with Crippen molar-refractivity contribution < 1.29 is 28.1 Å². The summed E-state index contributed by atoms with van der Waals surface area (Å²) in [7, 11) is 4.49. The number of esters is 1. The molecule has 0 fully saturated rings. The monoisotopic (exact) mass is 403 g/mol. The molecule has 6 nitrogen and oxygen atoms in total. The third-order valence-corrected chi connectivity index (χ3v) is 4.86. The SMILES string of the molecule is COc1ccc(C(=O)OCc2csc(-c3ccc(OC)c(OC)c3)n2)cc1F. The van der Waals surface area contributed by atoms with Gasteiger partial charge in [-0.2, -0.15) is 0 Å². The van der Waals surface area contributed by atoms with E-state index in [1.54, 1.807) is 25.7 Å². The molecule has 3 aromatic rings. The second-order valence-electron chi connectivity index (χ2n) is 5.64. The zero-order valence-corrected chi connectivity index (χ0v) is 16.3. The van der Waals surface area contributed by atoms with Gasteiger partial charge in [-0.15, -0.1) is 11.3 Å². The van der Waals surface area contributed by atoms with Crippen LogP contribution in [0, 0.1) is 5.82 Å². The van der Waals surface area contributed by atoms with Crippen LogP contribution in [-0.4, -0.2) is 32.3 Å². The molecule has 0 spiro atoms. The summed E-state index contributed by atoms with van der Waals surface area (Å²) >= 11 is 1.41. The highest BCUT2D eigenvalue weighted by molar-refractivity contribution is 7.13. The van der Waals surface area contributed by atoms with Crippen LogP contribution in [0.25, 0.3) is 10.6 Å². The summed E-state index contributed by atoms with van der Waals surface area (Å²) in [6.07, 6.45) is 0. The van der Waals surface area contributed by atoms with Crippen molar-refractivity contribution in [1.82, 2.24) is 4.98 Å². The predicted molar refractivity (Wildman–Crippen MR) is 103 cm³/mol. The van der Waals surface area contributed by atoms with E-state index in [0.29, 0.717) is 17.2 Å². The van der Waals surface area contributed by atoms with Gasteiger partial charge in [0.2, 0.25) is 0 Å². The molecule has 2 aromatic carbocycles. The van der Waals surface area contributed by atoms with Crippen molar-refractivity contribution in [3.05, 3.63) is 58.9 Å². The fourth-order valence-corrected chi connectivity index (χ4v) is 3.29. The normalized spacial score (nSPS) is 10.4. The second kappa shape index (κ2) is 8.71. The first kappa shape index (κ1) is 19.6. The molecule has 3 rings (SSSR count). The lowest BCUT2D eigenvalue weighted by Crippen LogP contribution is -2.06. The minimum absolute atomic E-state index is 0.0176. The molecule has 0 aliphatic heterocycles. The highest BCUT2D eigenvalue weighted by Gasteiger charge is 2.14. The number of thiazole rings is 1. The van der Waals surface area contributed by atoms with E-state index in [1.807, 2.05) is 12.1 Å². The number of benzene rings is 2. The Morgan fingerprint density at radius 1 is 1.00 bits per heavy atom. The molecule has 0 atom stereocenters. The van der Waals surface area contributed by atoms with Gasteiger partial charge in [-0.3, -0.25) is 0 Å². The highest BCUT2D eigenvalue weighted by Crippen LogP contribution is 2.33. The number of carbonyl (C=O) groups is 1. The van der Waals surface area contributed by atoms with Crippen molar-refractivity contribution in [1.29, 1.82) is 0 Å². The summed E-state index contributed by atoms with van der Waals surface area (Å²) in [6, 6.07) is 9.40. The molecule has 0 aliphatic carbocycles. The maximum atomic E-state index is 13.7. The number of hydrogen-bond donors (Lipinski definition) is 0. The molecule has 0 aliphatic rings. The lowest BCUT2D eigenvalue weighted by atomic mass is 10.2. The first-order valence-corrected chi connectivity index (χ1v) is 9.11. The highest BCUT2D eigenvalue weighted by atomic mass is 32.1. The van der Waals surface area contributed by atoms with Crippen LogP contribution in [-0.2, 0) is 11.3 Å². The van der Waals surface area contributed by atoms with E-state index >= 15 is 0 Å². The van der Waals surface area contributed by atoms with E-state index in [1.165, 1.54) is 30.6 Å². The van der Waals surface area contributed by atoms with E-state index in [0.717, 1.165) is 16.6 Å². The zero-order valence-electron chi connectivity index (χ0n) is 15.5. The molecule has 1 aromatic heterocycles. The number of methoxy groups -OCH3 is 3. The zero-order chi connectivity index (χ0) is 20.1. The molecule has 0 bridgehead atoms. The molecule has 0 saturated carbocycles. The van der Waals surface area contributed by atoms with Gasteiger partial charge >= 0.3 is 5.97 Å². The molecule has 0 radical (unpaired) electrons. The predicted octanol–water partition coefficient (Wildman–Crippen LogP) is 4.33. The average molecular weight is 403 g/mol. The minimum Gasteiger partial charge on any atom is -0.494 e. The van der Waals surface area contributed by atoms with Crippen LogP contribution < -0.4 is 14.2 Å². The van der Waals surface area contributed by atoms with Gasteiger partial charge in [-0.25, -0.2) is 14.2 Å². The van der Waals surface area contributed by atoms with Gasteiger partial charge in [-0.05, 0) is 36.4 Å². The Balaban J connectivity index is 1.68. The van der Waals surface area contributed by atoms with Gasteiger partial charge in [0.15, 0.2) is 23.1 Å². The first-order valence-electron chi connectivity index (χ1n) is 8.23. The molecule has 146 valence electrons. The Labute approximate surface area is 165 Å². The fourth-order valence-electron chi connectivity index (χ4n) is 2.49. The number of rotatable bonds is 7. The third kappa shape index (κ3) is 4.23. The Morgan fingerprint density at radius 2 is 1.71 bits per heavy atom. The molecule has 0 saturated heterocycles. The largest absolute Gasteiger partial charge is 0.494 e. The van der Waals surface area contributed by atoms with E-state index in [2.05, 4.69) is 4.98 Å². The summed E-state index contributed by atoms with van der Waals surface area (Å²) in [5, 5.41) is 2.55. The Kier molecular flexibility index (Phi) is 6.10. The summed E-state index contributed by atoms with van der Waals surface area (Å²) in [5.41, 5.74) is 1.56. The van der Waals surface area contributed by atoms with Crippen molar-refractivity contribution in [2.45, 2.75) is 6.61 Å². The van der Waals surface area contributed by atoms with Crippen molar-refractivity contribution in [2.24, 2.45) is 0 Å². The van der Waals surface area contributed by atoms with Gasteiger partial charge in [0, 0.05) is 10.9 Å². The molecule has 0 unspecified atom stereocenters. The second-order valence-corrected chi connectivity index (χ2v) is 6.50. The van der Waals surface area contributed by atoms with Crippen LogP contribution in [0.3, 0.4) is 0 Å². The fraction of sp³-hybridized carbons (Fsp3) is 0.200. The van der Waals surface area contributed by atoms with E-state index in [9.17, 15) is 9.18 Å². The van der Waals surface area contributed by atoms with Crippen LogP contribution >= 0.6 is 11.3 Å². The summed E-state index contributed by atoms with van der Waals surface area (Å²) in [4.78, 5) is 16.6. The van der Waals surface area contributed by atoms with Gasteiger partial charge in [0.1, 0.15) is 11.6 Å². The van der Waals surface area contributed by atoms with Crippen LogP contribution in [0.5, 0.6) is 17.2 Å². The smallest absolute Gasteiger partial charge is 0.338 e. The summed E-state index contributed by atoms with van der Waals surface area (Å²) in [5.74, 6) is 0.0348. The Bertz CT molecular complexity index is 988. The maximum Gasteiger partial charge on any atom is 0.338 e. The lowest BCUT2D eigenvalue weighted by molar-refractivity contribution is 0.0468. The molecular weight excluding hydrogens is 385 g/mol. The van der Waals surface area contributed by atoms with Gasteiger partial charge < -0.3 is 18.9 Å². The van der Waals surface area contributed by atoms with Crippen LogP contribution in [0.4, 0.5) is 4.39 Å². The quantitative estimate of drug-likeness (QED) is 0.547. The maximum absolute atomic E-state index is 13.7. The van der Waals surface area contributed by atoms with Gasteiger partial charge in [0.25, 0.3) is 0 Å². The lowest BCUT2D eigenvalue weighted by Gasteiger charge is -2.08. The number of hydrogen-bond acceptors (Lipinski definition) is 7. The van der Waals surface area contributed by atoms with Crippen molar-refractivity contribution >= 4 is 17.3 Å². The molecule has 8 heteroatoms. The standard InChI is InChI=1S/C20H18FNO5S/c1-24-16-6-5-13(8-15(16)21)20(23)27-10-14-11-28-19(22-14)12-4-7-17(25-2)18(9-12)26-3/h4-9,11H,10H2,1-3H3. The first-order chi connectivity index (χ1) is 13.5. The van der Waals surface area contributed by atoms with Crippen LogP contribution in [0.2, 0.25) is 0 Å². The topological polar surface area (TPSA) is 66.9 Å². The Hall–Kier alpha value is -3.13. The molecule has 0 amide bonds.